The van der Waals surface area contributed by atoms with Crippen molar-refractivity contribution in [3.8, 4) is 0 Å². The highest BCUT2D eigenvalue weighted by molar-refractivity contribution is 8.06. The van der Waals surface area contributed by atoms with Crippen LogP contribution in [-0.2, 0) is 56.0 Å². The zero-order valence-electron chi connectivity index (χ0n) is 12.9. The number of hydrogen-bond donors (Lipinski definition) is 0. The molecule has 1 heterocycles. The molecule has 18 heteroatoms. The summed E-state index contributed by atoms with van der Waals surface area (Å²) in [4.78, 5) is 0. The summed E-state index contributed by atoms with van der Waals surface area (Å²) in [6, 6.07) is 0. The van der Waals surface area contributed by atoms with Crippen LogP contribution in [0.3, 0.4) is 0 Å². The molecule has 0 saturated carbocycles. The van der Waals surface area contributed by atoms with E-state index in [1.165, 1.54) is 0 Å². The van der Waals surface area contributed by atoms with E-state index in [1.807, 2.05) is 0 Å². The monoisotopic (exact) mass is 464 g/mol. The quantitative estimate of drug-likeness (QED) is 0.388. The van der Waals surface area contributed by atoms with Gasteiger partial charge in [0.25, 0.3) is 40.5 Å². The first-order chi connectivity index (χ1) is 10.2. The summed E-state index contributed by atoms with van der Waals surface area (Å²) in [5.74, 6) is 0. The molecule has 1 fully saturated rings. The Hall–Kier alpha value is 0.0738. The van der Waals surface area contributed by atoms with Gasteiger partial charge in [-0.1, -0.05) is 0 Å². The van der Waals surface area contributed by atoms with Gasteiger partial charge in [0.05, 0.1) is 0 Å². The SMILES string of the molecule is C[Si]1(C)OS(=O)(=O)CS(=O)(=O)O[Si](C)(C)OS(=O)(=O)CS(=O)(=O)O1. The van der Waals surface area contributed by atoms with Crippen molar-refractivity contribution in [1.82, 2.24) is 0 Å². The van der Waals surface area contributed by atoms with E-state index in [0.29, 0.717) is 0 Å². The van der Waals surface area contributed by atoms with Crippen molar-refractivity contribution in [1.29, 1.82) is 0 Å². The van der Waals surface area contributed by atoms with E-state index < -0.39 is 67.8 Å². The Labute approximate surface area is 143 Å². The van der Waals surface area contributed by atoms with Crippen molar-refractivity contribution in [2.45, 2.75) is 26.2 Å². The molecule has 144 valence electrons. The fourth-order valence-electron chi connectivity index (χ4n) is 1.70. The molecule has 0 aromatic rings. The Morgan fingerprint density at radius 1 is 0.500 bits per heavy atom. The third kappa shape index (κ3) is 7.53. The van der Waals surface area contributed by atoms with E-state index in [9.17, 15) is 33.7 Å². The first kappa shape index (κ1) is 22.1. The highest BCUT2D eigenvalue weighted by Gasteiger charge is 2.45. The zero-order valence-corrected chi connectivity index (χ0v) is 18.2. The van der Waals surface area contributed by atoms with Crippen LogP contribution in [0, 0.1) is 0 Å². The van der Waals surface area contributed by atoms with Gasteiger partial charge < -0.3 is 0 Å². The molecule has 12 nitrogen and oxygen atoms in total. The summed E-state index contributed by atoms with van der Waals surface area (Å²) >= 11 is 0. The fourth-order valence-corrected chi connectivity index (χ4v) is 17.5. The lowest BCUT2D eigenvalue weighted by Gasteiger charge is -2.25. The van der Waals surface area contributed by atoms with Gasteiger partial charge >= 0.3 is 17.1 Å². The second-order valence-electron chi connectivity index (χ2n) is 5.60. The van der Waals surface area contributed by atoms with E-state index in [0.717, 1.165) is 26.2 Å². The minimum absolute atomic E-state index is 0.980. The number of rotatable bonds is 0. The fraction of sp³-hybridized carbons (Fsp3) is 1.00. The average Bonchev–Trinajstić information content (AvgIpc) is 1.98. The summed E-state index contributed by atoms with van der Waals surface area (Å²) in [5.41, 5.74) is 0. The minimum atomic E-state index is -4.78. The van der Waals surface area contributed by atoms with Crippen LogP contribution in [0.2, 0.25) is 26.2 Å². The van der Waals surface area contributed by atoms with Crippen molar-refractivity contribution in [3.05, 3.63) is 0 Å². The van der Waals surface area contributed by atoms with Crippen LogP contribution in [-0.4, -0.2) is 61.0 Å². The molecule has 1 rings (SSSR count). The van der Waals surface area contributed by atoms with E-state index in [1.54, 1.807) is 0 Å². The van der Waals surface area contributed by atoms with Crippen molar-refractivity contribution >= 4 is 57.6 Å². The molecule has 0 bridgehead atoms. The molecule has 0 aromatic carbocycles. The predicted molar refractivity (Wildman–Crippen MR) is 84.7 cm³/mol. The molecule has 1 aliphatic heterocycles. The second-order valence-corrected chi connectivity index (χ2v) is 20.2. The second kappa shape index (κ2) is 6.35. The van der Waals surface area contributed by atoms with Crippen molar-refractivity contribution in [2.75, 3.05) is 10.2 Å². The lowest BCUT2D eigenvalue weighted by atomic mass is 11.9. The van der Waals surface area contributed by atoms with Crippen LogP contribution < -0.4 is 0 Å². The molecule has 0 spiro atoms. The smallest absolute Gasteiger partial charge is 0.283 e. The molecule has 0 radical (unpaired) electrons. The van der Waals surface area contributed by atoms with Gasteiger partial charge in [0.1, 0.15) is 0 Å². The Balaban J connectivity index is 3.46. The van der Waals surface area contributed by atoms with Crippen LogP contribution >= 0.6 is 0 Å². The normalized spacial score (nSPS) is 31.2. The first-order valence-corrected chi connectivity index (χ1v) is 17.9. The minimum Gasteiger partial charge on any atom is -0.283 e. The average molecular weight is 465 g/mol. The van der Waals surface area contributed by atoms with Crippen molar-refractivity contribution < 1.29 is 49.2 Å². The maximum Gasteiger partial charge on any atom is 0.369 e. The Kier molecular flexibility index (Phi) is 5.85. The van der Waals surface area contributed by atoms with Gasteiger partial charge in [0, 0.05) is 0 Å². The molecule has 0 aliphatic carbocycles. The van der Waals surface area contributed by atoms with E-state index in [-0.39, 0.29) is 0 Å². The first-order valence-electron chi connectivity index (χ1n) is 5.97. The van der Waals surface area contributed by atoms with Crippen LogP contribution in [0.15, 0.2) is 0 Å². The molecule has 1 aliphatic rings. The molecule has 0 aromatic heterocycles. The summed E-state index contributed by atoms with van der Waals surface area (Å²) in [6.07, 6.45) is 0. The third-order valence-corrected chi connectivity index (χ3v) is 17.0. The van der Waals surface area contributed by atoms with Gasteiger partial charge in [-0.05, 0) is 26.2 Å². The Bertz CT molecular complexity index is 760. The van der Waals surface area contributed by atoms with Gasteiger partial charge in [-0.15, -0.1) is 0 Å². The van der Waals surface area contributed by atoms with Gasteiger partial charge in [0.2, 0.25) is 10.2 Å². The summed E-state index contributed by atoms with van der Waals surface area (Å²) in [5, 5.41) is -3.31. The van der Waals surface area contributed by atoms with E-state index in [4.69, 9.17) is 0 Å². The summed E-state index contributed by atoms with van der Waals surface area (Å²) < 4.78 is 113. The highest BCUT2D eigenvalue weighted by Crippen LogP contribution is 2.22. The maximum atomic E-state index is 11.8. The van der Waals surface area contributed by atoms with Gasteiger partial charge in [-0.3, -0.25) is 15.5 Å². The standard InChI is InChI=1S/C6H16O12S4Si2/c1-23(2)15-19(7,8)5-21(11,12)17-24(3,4)18-22(13,14)6-20(9,10)16-23/h5-6H2,1-4H3. The topological polar surface area (TPSA) is 173 Å². The van der Waals surface area contributed by atoms with Crippen LogP contribution in [0.25, 0.3) is 0 Å². The predicted octanol–water partition coefficient (Wildman–Crippen LogP) is -1.30. The van der Waals surface area contributed by atoms with Crippen LogP contribution in [0.4, 0.5) is 0 Å². The molecule has 1 saturated heterocycles. The van der Waals surface area contributed by atoms with Gasteiger partial charge in [-0.2, -0.15) is 33.7 Å². The zero-order chi connectivity index (χ0) is 19.2. The molecule has 0 N–H and O–H groups in total. The highest BCUT2D eigenvalue weighted by atomic mass is 32.3. The maximum absolute atomic E-state index is 11.8. The third-order valence-electron chi connectivity index (χ3n) is 1.89. The largest absolute Gasteiger partial charge is 0.369 e. The van der Waals surface area contributed by atoms with Gasteiger partial charge in [0.15, 0.2) is 0 Å². The lowest BCUT2D eigenvalue weighted by Crippen LogP contribution is -2.46. The van der Waals surface area contributed by atoms with Crippen molar-refractivity contribution in [2.24, 2.45) is 0 Å². The summed E-state index contributed by atoms with van der Waals surface area (Å²) in [7, 11) is -27.1. The van der Waals surface area contributed by atoms with Crippen LogP contribution in [0.1, 0.15) is 0 Å². The molecule has 0 unspecified atom stereocenters. The Morgan fingerprint density at radius 2 is 0.667 bits per heavy atom. The van der Waals surface area contributed by atoms with E-state index in [2.05, 4.69) is 15.5 Å². The molecular formula is C6H16O12S4Si2. The molecule has 0 atom stereocenters. The summed E-state index contributed by atoms with van der Waals surface area (Å²) in [6.45, 7) is 3.92. The van der Waals surface area contributed by atoms with E-state index >= 15 is 0 Å². The Morgan fingerprint density at radius 3 is 0.833 bits per heavy atom. The lowest BCUT2D eigenvalue weighted by molar-refractivity contribution is 0.379. The van der Waals surface area contributed by atoms with Crippen LogP contribution in [0.5, 0.6) is 0 Å². The van der Waals surface area contributed by atoms with Crippen molar-refractivity contribution in [3.63, 3.8) is 0 Å². The molecular weight excluding hydrogens is 448 g/mol. The molecule has 24 heavy (non-hydrogen) atoms. The van der Waals surface area contributed by atoms with Gasteiger partial charge in [-0.25, -0.2) is 0 Å². The number of hydrogen-bond acceptors (Lipinski definition) is 12. The molecule has 0 amide bonds.